The Bertz CT molecular complexity index is 1160. The molecule has 0 fully saturated rings. The molecule has 1 amide bonds. The molecule has 2 aromatic carbocycles. The number of hydrogen-bond donors (Lipinski definition) is 1. The molecule has 0 aliphatic rings. The number of nitrogens with zero attached hydrogens (tertiary/aromatic N) is 1. The van der Waals surface area contributed by atoms with E-state index in [-0.39, 0.29) is 16.3 Å². The van der Waals surface area contributed by atoms with Crippen LogP contribution >= 0.6 is 0 Å². The molecule has 3 aromatic rings. The number of carbonyl (C=O) groups is 1. The van der Waals surface area contributed by atoms with Crippen molar-refractivity contribution in [1.29, 1.82) is 0 Å². The molecule has 1 heterocycles. The average Bonchev–Trinajstić information content (AvgIpc) is 3.07. The van der Waals surface area contributed by atoms with Gasteiger partial charge < -0.3 is 14.5 Å². The van der Waals surface area contributed by atoms with Gasteiger partial charge in [0.15, 0.2) is 5.76 Å². The van der Waals surface area contributed by atoms with Crippen LogP contribution in [0.1, 0.15) is 36.9 Å². The summed E-state index contributed by atoms with van der Waals surface area (Å²) < 4.78 is 38.5. The van der Waals surface area contributed by atoms with Gasteiger partial charge in [-0.05, 0) is 38.1 Å². The van der Waals surface area contributed by atoms with E-state index in [2.05, 4.69) is 5.32 Å². The van der Waals surface area contributed by atoms with Crippen molar-refractivity contribution in [2.45, 2.75) is 32.6 Å². The number of para-hydroxylation sites is 1. The number of carbonyl (C=O) groups excluding carboxylic acids is 1. The van der Waals surface area contributed by atoms with Crippen molar-refractivity contribution >= 4 is 32.6 Å². The third-order valence-electron chi connectivity index (χ3n) is 4.89. The van der Waals surface area contributed by atoms with E-state index >= 15 is 0 Å². The molecule has 0 radical (unpaired) electrons. The van der Waals surface area contributed by atoms with Gasteiger partial charge >= 0.3 is 0 Å². The molecular weight excluding hydrogens is 404 g/mol. The first-order valence-electron chi connectivity index (χ1n) is 9.89. The first kappa shape index (κ1) is 21.9. The van der Waals surface area contributed by atoms with Crippen LogP contribution in [0.15, 0.2) is 51.8 Å². The highest BCUT2D eigenvalue weighted by molar-refractivity contribution is 7.89. The lowest BCUT2D eigenvalue weighted by molar-refractivity contribution is 0.0997. The Balaban J connectivity index is 2.00. The van der Waals surface area contributed by atoms with Crippen molar-refractivity contribution in [2.24, 2.45) is 0 Å². The molecule has 0 aliphatic carbocycles. The minimum absolute atomic E-state index is 0.0891. The van der Waals surface area contributed by atoms with Crippen LogP contribution in [0.25, 0.3) is 11.0 Å². The van der Waals surface area contributed by atoms with Crippen LogP contribution in [0.3, 0.4) is 0 Å². The van der Waals surface area contributed by atoms with E-state index in [9.17, 15) is 13.2 Å². The first-order chi connectivity index (χ1) is 14.3. The van der Waals surface area contributed by atoms with Gasteiger partial charge in [0.1, 0.15) is 11.3 Å². The number of rotatable bonds is 8. The van der Waals surface area contributed by atoms with Crippen molar-refractivity contribution in [3.63, 3.8) is 0 Å². The zero-order valence-electron chi connectivity index (χ0n) is 17.6. The number of nitrogens with one attached hydrogen (secondary N) is 1. The summed E-state index contributed by atoms with van der Waals surface area (Å²) in [6, 6.07) is 11.9. The highest BCUT2D eigenvalue weighted by atomic mass is 32.2. The van der Waals surface area contributed by atoms with Crippen LogP contribution in [0.4, 0.5) is 5.69 Å². The van der Waals surface area contributed by atoms with Gasteiger partial charge in [0.25, 0.3) is 5.91 Å². The van der Waals surface area contributed by atoms with E-state index in [0.29, 0.717) is 36.6 Å². The van der Waals surface area contributed by atoms with Gasteiger partial charge in [0.2, 0.25) is 10.0 Å². The highest BCUT2D eigenvalue weighted by Gasteiger charge is 2.24. The molecule has 0 spiro atoms. The van der Waals surface area contributed by atoms with E-state index < -0.39 is 15.9 Å². The number of amides is 1. The number of benzene rings is 2. The van der Waals surface area contributed by atoms with Gasteiger partial charge in [-0.15, -0.1) is 0 Å². The second kappa shape index (κ2) is 8.89. The largest absolute Gasteiger partial charge is 0.492 e. The van der Waals surface area contributed by atoms with E-state index in [4.69, 9.17) is 9.15 Å². The Kier molecular flexibility index (Phi) is 6.48. The van der Waals surface area contributed by atoms with Gasteiger partial charge in [-0.1, -0.05) is 32.0 Å². The van der Waals surface area contributed by atoms with Gasteiger partial charge in [-0.3, -0.25) is 4.79 Å². The summed E-state index contributed by atoms with van der Waals surface area (Å²) in [5, 5.41) is 3.61. The molecule has 30 heavy (non-hydrogen) atoms. The number of anilines is 1. The lowest BCUT2D eigenvalue weighted by Gasteiger charge is -2.20. The third-order valence-corrected chi connectivity index (χ3v) is 6.94. The lowest BCUT2D eigenvalue weighted by atomic mass is 10.1. The van der Waals surface area contributed by atoms with E-state index in [1.165, 1.54) is 16.4 Å². The molecule has 1 aromatic heterocycles. The zero-order chi connectivity index (χ0) is 21.9. The van der Waals surface area contributed by atoms with E-state index in [0.717, 1.165) is 5.39 Å². The second-order valence-electron chi connectivity index (χ2n) is 6.69. The van der Waals surface area contributed by atoms with E-state index in [1.54, 1.807) is 26.0 Å². The normalized spacial score (nSPS) is 11.8. The minimum Gasteiger partial charge on any atom is -0.492 e. The van der Waals surface area contributed by atoms with Crippen molar-refractivity contribution in [2.75, 3.05) is 25.0 Å². The van der Waals surface area contributed by atoms with Crippen molar-refractivity contribution in [3.05, 3.63) is 53.8 Å². The third kappa shape index (κ3) is 4.06. The molecule has 0 saturated heterocycles. The predicted octanol–water partition coefficient (Wildman–Crippen LogP) is 4.42. The van der Waals surface area contributed by atoms with Crippen LogP contribution < -0.4 is 10.1 Å². The molecule has 3 rings (SSSR count). The summed E-state index contributed by atoms with van der Waals surface area (Å²) in [5.41, 5.74) is 1.60. The maximum absolute atomic E-state index is 12.9. The first-order valence-corrected chi connectivity index (χ1v) is 11.3. The molecule has 0 bridgehead atoms. The Morgan fingerprint density at radius 2 is 1.80 bits per heavy atom. The number of sulfonamides is 1. The van der Waals surface area contributed by atoms with E-state index in [1.807, 2.05) is 32.0 Å². The summed E-state index contributed by atoms with van der Waals surface area (Å²) in [5.74, 6) is 0.0933. The van der Waals surface area contributed by atoms with Gasteiger partial charge in [-0.25, -0.2) is 8.42 Å². The molecular formula is C22H26N2O5S. The summed E-state index contributed by atoms with van der Waals surface area (Å²) in [7, 11) is -3.68. The molecule has 8 heteroatoms. The van der Waals surface area contributed by atoms with Gasteiger partial charge in [0, 0.05) is 24.0 Å². The van der Waals surface area contributed by atoms with Crippen molar-refractivity contribution in [1.82, 2.24) is 4.31 Å². The monoisotopic (exact) mass is 430 g/mol. The Labute approximate surface area is 176 Å². The van der Waals surface area contributed by atoms with Crippen LogP contribution in [-0.2, 0) is 10.0 Å². The summed E-state index contributed by atoms with van der Waals surface area (Å²) >= 11 is 0. The topological polar surface area (TPSA) is 88.9 Å². The number of hydrogen-bond acceptors (Lipinski definition) is 5. The molecule has 160 valence electrons. The molecule has 0 atom stereocenters. The quantitative estimate of drug-likeness (QED) is 0.571. The fourth-order valence-corrected chi connectivity index (χ4v) is 4.82. The summed E-state index contributed by atoms with van der Waals surface area (Å²) in [4.78, 5) is 13.0. The maximum Gasteiger partial charge on any atom is 0.291 e. The number of aryl methyl sites for hydroxylation is 1. The molecule has 0 saturated carbocycles. The molecule has 1 N–H and O–H groups in total. The summed E-state index contributed by atoms with van der Waals surface area (Å²) in [6.45, 7) is 8.26. The predicted molar refractivity (Wildman–Crippen MR) is 117 cm³/mol. The van der Waals surface area contributed by atoms with Crippen LogP contribution in [-0.4, -0.2) is 38.3 Å². The standard InChI is InChI=1S/C22H26N2O5S/c1-5-24(6-2)30(26,27)16-12-13-20(28-7-3)18(14-16)23-22(25)21-15(4)17-10-8-9-11-19(17)29-21/h8-14H,5-7H2,1-4H3,(H,23,25). The number of furan rings is 1. The van der Waals surface area contributed by atoms with Crippen LogP contribution in [0.2, 0.25) is 0 Å². The number of fused-ring (bicyclic) bond motifs is 1. The SMILES string of the molecule is CCOc1ccc(S(=O)(=O)N(CC)CC)cc1NC(=O)c1oc2ccccc2c1C. The fraction of sp³-hybridized carbons (Fsp3) is 0.318. The minimum atomic E-state index is -3.68. The molecule has 7 nitrogen and oxygen atoms in total. The molecule has 0 unspecified atom stereocenters. The zero-order valence-corrected chi connectivity index (χ0v) is 18.4. The van der Waals surface area contributed by atoms with Crippen LogP contribution in [0, 0.1) is 6.92 Å². The van der Waals surface area contributed by atoms with Gasteiger partial charge in [-0.2, -0.15) is 4.31 Å². The van der Waals surface area contributed by atoms with Crippen molar-refractivity contribution in [3.8, 4) is 5.75 Å². The Morgan fingerprint density at radius 3 is 2.43 bits per heavy atom. The van der Waals surface area contributed by atoms with Gasteiger partial charge in [0.05, 0.1) is 17.2 Å². The second-order valence-corrected chi connectivity index (χ2v) is 8.62. The molecule has 0 aliphatic heterocycles. The Hall–Kier alpha value is -2.84. The van der Waals surface area contributed by atoms with Crippen LogP contribution in [0.5, 0.6) is 5.75 Å². The highest BCUT2D eigenvalue weighted by Crippen LogP contribution is 2.31. The average molecular weight is 431 g/mol. The maximum atomic E-state index is 12.9. The lowest BCUT2D eigenvalue weighted by Crippen LogP contribution is -2.30. The smallest absolute Gasteiger partial charge is 0.291 e. The fourth-order valence-electron chi connectivity index (χ4n) is 3.33. The number of ether oxygens (including phenoxy) is 1. The van der Waals surface area contributed by atoms with Crippen molar-refractivity contribution < 1.29 is 22.4 Å². The summed E-state index contributed by atoms with van der Waals surface area (Å²) in [6.07, 6.45) is 0. The Morgan fingerprint density at radius 1 is 1.10 bits per heavy atom.